The Balaban J connectivity index is 1.75. The maximum absolute atomic E-state index is 12.5. The van der Waals surface area contributed by atoms with Crippen LogP contribution in [0, 0.1) is 0 Å². The second kappa shape index (κ2) is 10.7. The van der Waals surface area contributed by atoms with E-state index in [0.29, 0.717) is 25.7 Å². The fraction of sp³-hybridized carbons (Fsp3) is 0.682. The first-order chi connectivity index (χ1) is 13.0. The third-order valence-electron chi connectivity index (χ3n) is 5.53. The number of hydrogen-bond donors (Lipinski definition) is 1. The van der Waals surface area contributed by atoms with Crippen molar-refractivity contribution in [2.45, 2.75) is 71.4 Å². The van der Waals surface area contributed by atoms with Gasteiger partial charge in [-0.15, -0.1) is 0 Å². The molecule has 1 aromatic carbocycles. The Hall–Kier alpha value is -1.59. The van der Waals surface area contributed by atoms with Crippen LogP contribution in [-0.4, -0.2) is 48.8 Å². The van der Waals surface area contributed by atoms with Crippen molar-refractivity contribution in [2.24, 2.45) is 0 Å². The average Bonchev–Trinajstić information content (AvgIpc) is 2.67. The number of nitrogens with zero attached hydrogens (tertiary/aromatic N) is 1. The highest BCUT2D eigenvalue weighted by Gasteiger charge is 2.31. The van der Waals surface area contributed by atoms with Crippen LogP contribution in [0.4, 0.5) is 5.69 Å². The molecule has 1 saturated heterocycles. The number of hydrogen-bond acceptors (Lipinski definition) is 4. The number of piperidine rings is 1. The van der Waals surface area contributed by atoms with Crippen LogP contribution in [0.25, 0.3) is 0 Å². The Labute approximate surface area is 164 Å². The van der Waals surface area contributed by atoms with Gasteiger partial charge in [0.25, 0.3) is 5.91 Å². The number of carbonyl (C=O) groups is 1. The van der Waals surface area contributed by atoms with E-state index in [0.717, 1.165) is 24.4 Å². The molecule has 0 aliphatic carbocycles. The molecule has 0 radical (unpaired) electrons. The maximum Gasteiger partial charge on any atom is 0.256 e. The molecule has 2 rings (SSSR count). The number of anilines is 1. The summed E-state index contributed by atoms with van der Waals surface area (Å²) in [5.74, 6) is 0.721. The van der Waals surface area contributed by atoms with E-state index in [1.54, 1.807) is 0 Å². The summed E-state index contributed by atoms with van der Waals surface area (Å²) in [5, 5.41) is 2.93. The van der Waals surface area contributed by atoms with Crippen molar-refractivity contribution in [1.29, 1.82) is 0 Å². The molecule has 1 amide bonds. The molecule has 1 heterocycles. The number of rotatable bonds is 10. The van der Waals surface area contributed by atoms with Crippen molar-refractivity contribution < 1.29 is 14.3 Å². The van der Waals surface area contributed by atoms with Gasteiger partial charge in [-0.25, -0.2) is 0 Å². The zero-order valence-electron chi connectivity index (χ0n) is 17.4. The van der Waals surface area contributed by atoms with Crippen LogP contribution in [0.3, 0.4) is 0 Å². The highest BCUT2D eigenvalue weighted by atomic mass is 16.5. The topological polar surface area (TPSA) is 50.8 Å². The lowest BCUT2D eigenvalue weighted by Crippen LogP contribution is -2.42. The third-order valence-corrected chi connectivity index (χ3v) is 5.53. The monoisotopic (exact) mass is 376 g/mol. The summed E-state index contributed by atoms with van der Waals surface area (Å²) in [4.78, 5) is 15.0. The predicted molar refractivity (Wildman–Crippen MR) is 110 cm³/mol. The lowest BCUT2D eigenvalue weighted by atomic mass is 10.0. The van der Waals surface area contributed by atoms with Gasteiger partial charge in [0.15, 0.2) is 0 Å². The maximum atomic E-state index is 12.5. The number of amides is 1. The van der Waals surface area contributed by atoms with E-state index < -0.39 is 5.60 Å². The van der Waals surface area contributed by atoms with Crippen LogP contribution in [0.1, 0.15) is 59.8 Å². The van der Waals surface area contributed by atoms with Crippen molar-refractivity contribution in [1.82, 2.24) is 4.90 Å². The quantitative estimate of drug-likeness (QED) is 0.612. The van der Waals surface area contributed by atoms with E-state index in [-0.39, 0.29) is 5.91 Å². The van der Waals surface area contributed by atoms with Gasteiger partial charge in [-0.2, -0.15) is 0 Å². The third kappa shape index (κ3) is 6.51. The number of benzene rings is 1. The molecular formula is C22H36N2O3. The van der Waals surface area contributed by atoms with E-state index in [1.165, 1.54) is 25.8 Å². The second-order valence-electron chi connectivity index (χ2n) is 7.58. The van der Waals surface area contributed by atoms with Crippen molar-refractivity contribution >= 4 is 11.6 Å². The van der Waals surface area contributed by atoms with E-state index in [1.807, 2.05) is 45.0 Å². The van der Waals surface area contributed by atoms with Crippen LogP contribution >= 0.6 is 0 Å². The zero-order valence-corrected chi connectivity index (χ0v) is 17.4. The summed E-state index contributed by atoms with van der Waals surface area (Å²) < 4.78 is 11.5. The molecule has 0 spiro atoms. The standard InChI is InChI=1S/C22H36N2O3/c1-5-22(4,27-6-2)21(25)23-19-11-13-20(14-12-19)26-17-9-16-24-15-8-7-10-18(24)3/h11-14,18H,5-10,15-17H2,1-4H3,(H,23,25)/t18-,22-/m1/s1. The Bertz CT molecular complexity index is 575. The SMILES string of the molecule is CCO[C@](C)(CC)C(=O)Nc1ccc(OCCCN2CCCC[C@H]2C)cc1. The van der Waals surface area contributed by atoms with Gasteiger partial charge in [0.2, 0.25) is 0 Å². The Morgan fingerprint density at radius 3 is 2.63 bits per heavy atom. The van der Waals surface area contributed by atoms with Crippen LogP contribution in [0.5, 0.6) is 5.75 Å². The van der Waals surface area contributed by atoms with E-state index in [9.17, 15) is 4.79 Å². The molecule has 1 aliphatic rings. The Morgan fingerprint density at radius 1 is 1.26 bits per heavy atom. The van der Waals surface area contributed by atoms with E-state index in [2.05, 4.69) is 17.1 Å². The Kier molecular flexibility index (Phi) is 8.58. The second-order valence-corrected chi connectivity index (χ2v) is 7.58. The molecule has 0 aromatic heterocycles. The van der Waals surface area contributed by atoms with Crippen molar-refractivity contribution in [3.63, 3.8) is 0 Å². The van der Waals surface area contributed by atoms with Gasteiger partial charge in [0.1, 0.15) is 11.4 Å². The molecule has 0 bridgehead atoms. The zero-order chi connectivity index (χ0) is 19.7. The molecule has 1 N–H and O–H groups in total. The van der Waals surface area contributed by atoms with Crippen LogP contribution in [0.2, 0.25) is 0 Å². The normalized spacial score (nSPS) is 20.1. The minimum absolute atomic E-state index is 0.115. The van der Waals surface area contributed by atoms with Crippen LogP contribution in [-0.2, 0) is 9.53 Å². The fourth-order valence-electron chi connectivity index (χ4n) is 3.49. The molecule has 152 valence electrons. The first kappa shape index (κ1) is 21.7. The largest absolute Gasteiger partial charge is 0.494 e. The summed E-state index contributed by atoms with van der Waals surface area (Å²) >= 11 is 0. The van der Waals surface area contributed by atoms with Gasteiger partial charge < -0.3 is 19.7 Å². The summed E-state index contributed by atoms with van der Waals surface area (Å²) in [6, 6.07) is 8.27. The van der Waals surface area contributed by atoms with Crippen LogP contribution in [0.15, 0.2) is 24.3 Å². The minimum atomic E-state index is -0.796. The number of nitrogens with one attached hydrogen (secondary N) is 1. The summed E-state index contributed by atoms with van der Waals surface area (Å²) in [6.45, 7) is 11.6. The van der Waals surface area contributed by atoms with Gasteiger partial charge in [0, 0.05) is 24.9 Å². The predicted octanol–water partition coefficient (Wildman–Crippen LogP) is 4.47. The van der Waals surface area contributed by atoms with Gasteiger partial charge in [-0.05, 0) is 77.3 Å². The van der Waals surface area contributed by atoms with Gasteiger partial charge in [-0.1, -0.05) is 13.3 Å². The highest BCUT2D eigenvalue weighted by molar-refractivity contribution is 5.97. The van der Waals surface area contributed by atoms with Crippen LogP contribution < -0.4 is 10.1 Å². The minimum Gasteiger partial charge on any atom is -0.494 e. The summed E-state index contributed by atoms with van der Waals surface area (Å²) in [5.41, 5.74) is -0.0379. The molecule has 0 unspecified atom stereocenters. The van der Waals surface area contributed by atoms with E-state index >= 15 is 0 Å². The van der Waals surface area contributed by atoms with Crippen molar-refractivity contribution in [3.05, 3.63) is 24.3 Å². The first-order valence-corrected chi connectivity index (χ1v) is 10.4. The molecule has 0 saturated carbocycles. The van der Waals surface area contributed by atoms with Gasteiger partial charge >= 0.3 is 0 Å². The molecule has 1 aromatic rings. The fourth-order valence-corrected chi connectivity index (χ4v) is 3.49. The molecule has 27 heavy (non-hydrogen) atoms. The Morgan fingerprint density at radius 2 is 2.00 bits per heavy atom. The average molecular weight is 377 g/mol. The van der Waals surface area contributed by atoms with Crippen molar-refractivity contribution in [2.75, 3.05) is 31.6 Å². The number of ether oxygens (including phenoxy) is 2. The van der Waals surface area contributed by atoms with Gasteiger partial charge in [-0.3, -0.25) is 4.79 Å². The number of likely N-dealkylation sites (tertiary alicyclic amines) is 1. The van der Waals surface area contributed by atoms with E-state index in [4.69, 9.17) is 9.47 Å². The number of carbonyl (C=O) groups excluding carboxylic acids is 1. The molecule has 1 fully saturated rings. The molecule has 5 heteroatoms. The molecule has 2 atom stereocenters. The smallest absolute Gasteiger partial charge is 0.256 e. The lowest BCUT2D eigenvalue weighted by Gasteiger charge is -2.33. The van der Waals surface area contributed by atoms with Crippen molar-refractivity contribution in [3.8, 4) is 5.75 Å². The molecule has 5 nitrogen and oxygen atoms in total. The molecular weight excluding hydrogens is 340 g/mol. The lowest BCUT2D eigenvalue weighted by molar-refractivity contribution is -0.139. The van der Waals surface area contributed by atoms with Gasteiger partial charge in [0.05, 0.1) is 6.61 Å². The first-order valence-electron chi connectivity index (χ1n) is 10.4. The molecule has 1 aliphatic heterocycles. The summed E-state index contributed by atoms with van der Waals surface area (Å²) in [6.07, 6.45) is 5.65. The highest BCUT2D eigenvalue weighted by Crippen LogP contribution is 2.21. The summed E-state index contributed by atoms with van der Waals surface area (Å²) in [7, 11) is 0.